The van der Waals surface area contributed by atoms with E-state index in [0.29, 0.717) is 45.7 Å². The maximum atomic E-state index is 12.1. The monoisotopic (exact) mass is 441 g/mol. The van der Waals surface area contributed by atoms with Crippen molar-refractivity contribution in [3.05, 3.63) is 24.3 Å². The molecule has 174 valence electrons. The van der Waals surface area contributed by atoms with Crippen LogP contribution in [0.1, 0.15) is 26.7 Å². The number of morpholine rings is 1. The normalized spacial score (nSPS) is 15.5. The Morgan fingerprint density at radius 3 is 1.81 bits per heavy atom. The van der Waals surface area contributed by atoms with Crippen LogP contribution in [0.3, 0.4) is 0 Å². The van der Waals surface area contributed by atoms with Gasteiger partial charge in [0.05, 0.1) is 26.4 Å². The van der Waals surface area contributed by atoms with Crippen LogP contribution < -0.4 is 0 Å². The average Bonchev–Trinajstić information content (AvgIpc) is 2.77. The first-order valence-electron chi connectivity index (χ1n) is 10.3. The molecule has 0 aliphatic carbocycles. The van der Waals surface area contributed by atoms with E-state index in [1.165, 1.54) is 0 Å². The fourth-order valence-electron chi connectivity index (χ4n) is 2.40. The molecule has 1 saturated heterocycles. The SMILES string of the molecule is CCCOC(=O)/C=C/C(=O)OCC(CN1CCOCC1)OC(=O)/C=C/C(=O)OCCC. The molecular weight excluding hydrogens is 410 g/mol. The third kappa shape index (κ3) is 13.2. The second-order valence-electron chi connectivity index (χ2n) is 6.60. The first-order chi connectivity index (χ1) is 14.9. The number of carbonyl (C=O) groups is 4. The van der Waals surface area contributed by atoms with E-state index in [-0.39, 0.29) is 19.8 Å². The lowest BCUT2D eigenvalue weighted by Crippen LogP contribution is -2.43. The summed E-state index contributed by atoms with van der Waals surface area (Å²) in [4.78, 5) is 48.8. The predicted octanol–water partition coefficient (Wildman–Crippen LogP) is 0.792. The number of hydrogen-bond acceptors (Lipinski definition) is 10. The highest BCUT2D eigenvalue weighted by molar-refractivity contribution is 5.92. The van der Waals surface area contributed by atoms with Crippen molar-refractivity contribution < 1.29 is 42.9 Å². The second kappa shape index (κ2) is 16.0. The summed E-state index contributed by atoms with van der Waals surface area (Å²) in [5, 5.41) is 0. The summed E-state index contributed by atoms with van der Waals surface area (Å²) in [6.07, 6.45) is 4.45. The van der Waals surface area contributed by atoms with Gasteiger partial charge in [-0.25, -0.2) is 19.2 Å². The van der Waals surface area contributed by atoms with Gasteiger partial charge in [0.1, 0.15) is 12.7 Å². The van der Waals surface area contributed by atoms with Crippen molar-refractivity contribution in [2.24, 2.45) is 0 Å². The fraction of sp³-hybridized carbons (Fsp3) is 0.619. The zero-order valence-corrected chi connectivity index (χ0v) is 18.1. The predicted molar refractivity (Wildman–Crippen MR) is 109 cm³/mol. The van der Waals surface area contributed by atoms with Crippen LogP contribution in [-0.2, 0) is 42.9 Å². The summed E-state index contributed by atoms with van der Waals surface area (Å²) < 4.78 is 25.4. The lowest BCUT2D eigenvalue weighted by molar-refractivity contribution is -0.154. The first kappa shape index (κ1) is 26.3. The van der Waals surface area contributed by atoms with Crippen LogP contribution in [0.15, 0.2) is 24.3 Å². The third-order valence-electron chi connectivity index (χ3n) is 3.87. The molecule has 1 heterocycles. The summed E-state index contributed by atoms with van der Waals surface area (Å²) in [5.74, 6) is -2.82. The molecule has 0 N–H and O–H groups in total. The van der Waals surface area contributed by atoms with Crippen LogP contribution in [-0.4, -0.2) is 87.5 Å². The number of ether oxygens (including phenoxy) is 5. The van der Waals surface area contributed by atoms with E-state index in [1.54, 1.807) is 0 Å². The van der Waals surface area contributed by atoms with Gasteiger partial charge in [0, 0.05) is 43.9 Å². The van der Waals surface area contributed by atoms with Gasteiger partial charge in [-0.1, -0.05) is 13.8 Å². The molecule has 10 heteroatoms. The van der Waals surface area contributed by atoms with Gasteiger partial charge in [-0.15, -0.1) is 0 Å². The van der Waals surface area contributed by atoms with E-state index >= 15 is 0 Å². The van der Waals surface area contributed by atoms with Gasteiger partial charge in [0.2, 0.25) is 0 Å². The second-order valence-corrected chi connectivity index (χ2v) is 6.60. The zero-order chi connectivity index (χ0) is 22.9. The summed E-state index contributed by atoms with van der Waals surface area (Å²) >= 11 is 0. The molecule has 0 amide bonds. The Balaban J connectivity index is 2.58. The van der Waals surface area contributed by atoms with Crippen LogP contribution in [0.4, 0.5) is 0 Å². The first-order valence-corrected chi connectivity index (χ1v) is 10.3. The van der Waals surface area contributed by atoms with Crippen LogP contribution in [0.5, 0.6) is 0 Å². The standard InChI is InChI=1S/C21H31NO9/c1-3-11-28-18(23)5-6-20(25)30-16-17(15-22-9-13-27-14-10-22)31-21(26)8-7-19(24)29-12-4-2/h5-8,17H,3-4,9-16H2,1-2H3/b6-5+,8-7+. The van der Waals surface area contributed by atoms with E-state index in [4.69, 9.17) is 23.7 Å². The molecule has 0 aromatic rings. The van der Waals surface area contributed by atoms with Gasteiger partial charge in [-0.3, -0.25) is 4.90 Å². The number of nitrogens with zero attached hydrogens (tertiary/aromatic N) is 1. The molecule has 0 radical (unpaired) electrons. The van der Waals surface area contributed by atoms with Crippen molar-refractivity contribution >= 4 is 23.9 Å². The van der Waals surface area contributed by atoms with Crippen molar-refractivity contribution in [3.63, 3.8) is 0 Å². The largest absolute Gasteiger partial charge is 0.463 e. The van der Waals surface area contributed by atoms with Crippen LogP contribution in [0.25, 0.3) is 0 Å². The van der Waals surface area contributed by atoms with Gasteiger partial charge in [-0.2, -0.15) is 0 Å². The number of hydrogen-bond donors (Lipinski definition) is 0. The van der Waals surface area contributed by atoms with Gasteiger partial charge in [0.25, 0.3) is 0 Å². The Morgan fingerprint density at radius 2 is 1.29 bits per heavy atom. The van der Waals surface area contributed by atoms with Crippen LogP contribution >= 0.6 is 0 Å². The zero-order valence-electron chi connectivity index (χ0n) is 18.1. The minimum Gasteiger partial charge on any atom is -0.463 e. The van der Waals surface area contributed by atoms with Gasteiger partial charge < -0.3 is 23.7 Å². The van der Waals surface area contributed by atoms with Crippen molar-refractivity contribution in [3.8, 4) is 0 Å². The highest BCUT2D eigenvalue weighted by Gasteiger charge is 2.21. The number of esters is 4. The van der Waals surface area contributed by atoms with Crippen molar-refractivity contribution in [2.75, 3.05) is 52.7 Å². The van der Waals surface area contributed by atoms with E-state index in [0.717, 1.165) is 24.3 Å². The Kier molecular flexibility index (Phi) is 13.6. The lowest BCUT2D eigenvalue weighted by atomic mass is 10.3. The third-order valence-corrected chi connectivity index (χ3v) is 3.87. The molecule has 1 fully saturated rings. The smallest absolute Gasteiger partial charge is 0.331 e. The molecular formula is C21H31NO9. The van der Waals surface area contributed by atoms with Crippen LogP contribution in [0.2, 0.25) is 0 Å². The molecule has 1 aliphatic rings. The summed E-state index contributed by atoms with van der Waals surface area (Å²) in [7, 11) is 0. The maximum absolute atomic E-state index is 12.1. The average molecular weight is 441 g/mol. The van der Waals surface area contributed by atoms with E-state index < -0.39 is 30.0 Å². The molecule has 1 unspecified atom stereocenters. The Morgan fingerprint density at radius 1 is 0.806 bits per heavy atom. The molecule has 1 aliphatic heterocycles. The van der Waals surface area contributed by atoms with E-state index in [9.17, 15) is 19.2 Å². The Bertz CT molecular complexity index is 639. The number of carbonyl (C=O) groups excluding carboxylic acids is 4. The molecule has 0 spiro atoms. The molecule has 0 aromatic heterocycles. The highest BCUT2D eigenvalue weighted by atomic mass is 16.6. The molecule has 1 rings (SSSR count). The minimum atomic E-state index is -0.772. The molecule has 10 nitrogen and oxygen atoms in total. The summed E-state index contributed by atoms with van der Waals surface area (Å²) in [6.45, 7) is 6.70. The molecule has 0 saturated carbocycles. The Hall–Kier alpha value is -2.72. The summed E-state index contributed by atoms with van der Waals surface area (Å²) in [5.41, 5.74) is 0. The van der Waals surface area contributed by atoms with Crippen molar-refractivity contribution in [2.45, 2.75) is 32.8 Å². The van der Waals surface area contributed by atoms with Crippen molar-refractivity contribution in [1.29, 1.82) is 0 Å². The van der Waals surface area contributed by atoms with Crippen LogP contribution in [0, 0.1) is 0 Å². The summed E-state index contributed by atoms with van der Waals surface area (Å²) in [6, 6.07) is 0. The molecule has 0 aromatic carbocycles. The highest BCUT2D eigenvalue weighted by Crippen LogP contribution is 2.04. The number of rotatable bonds is 13. The topological polar surface area (TPSA) is 118 Å². The molecule has 0 bridgehead atoms. The molecule has 1 atom stereocenters. The maximum Gasteiger partial charge on any atom is 0.331 e. The minimum absolute atomic E-state index is 0.218. The fourth-order valence-corrected chi connectivity index (χ4v) is 2.40. The molecule has 31 heavy (non-hydrogen) atoms. The lowest BCUT2D eigenvalue weighted by Gasteiger charge is -2.29. The van der Waals surface area contributed by atoms with E-state index in [2.05, 4.69) is 0 Å². The quantitative estimate of drug-likeness (QED) is 0.231. The van der Waals surface area contributed by atoms with Gasteiger partial charge in [0.15, 0.2) is 0 Å². The van der Waals surface area contributed by atoms with E-state index in [1.807, 2.05) is 18.7 Å². The van der Waals surface area contributed by atoms with Gasteiger partial charge in [-0.05, 0) is 12.8 Å². The van der Waals surface area contributed by atoms with Gasteiger partial charge >= 0.3 is 23.9 Å². The van der Waals surface area contributed by atoms with Crippen molar-refractivity contribution in [1.82, 2.24) is 4.90 Å². The Labute approximate surface area is 182 Å².